The number of aliphatic carboxylic acids is 1. The highest BCUT2D eigenvalue weighted by molar-refractivity contribution is 5.72. The lowest BCUT2D eigenvalue weighted by Crippen LogP contribution is -2.50. The summed E-state index contributed by atoms with van der Waals surface area (Å²) in [5, 5.41) is 9.62. The van der Waals surface area contributed by atoms with Crippen LogP contribution in [0.15, 0.2) is 97.2 Å². The van der Waals surface area contributed by atoms with Gasteiger partial charge in [-0.25, -0.2) is 4.79 Å². The zero-order valence-corrected chi connectivity index (χ0v) is 37.2. The maximum atomic E-state index is 12.7. The molecule has 0 aliphatic carbocycles. The van der Waals surface area contributed by atoms with Crippen LogP contribution in [0.3, 0.4) is 0 Å². The van der Waals surface area contributed by atoms with Crippen LogP contribution in [0.5, 0.6) is 0 Å². The number of esters is 2. The molecule has 0 radical (unpaired) electrons. The van der Waals surface area contributed by atoms with Gasteiger partial charge in [-0.1, -0.05) is 137 Å². The third-order valence-electron chi connectivity index (χ3n) is 9.23. The lowest BCUT2D eigenvalue weighted by Gasteiger charge is -2.31. The van der Waals surface area contributed by atoms with E-state index in [2.05, 4.69) is 111 Å². The van der Waals surface area contributed by atoms with Gasteiger partial charge in [0, 0.05) is 19.3 Å². The molecule has 2 atom stereocenters. The monoisotopic (exact) mass is 809 g/mol. The van der Waals surface area contributed by atoms with Crippen molar-refractivity contribution in [3.8, 4) is 0 Å². The van der Waals surface area contributed by atoms with Crippen LogP contribution < -0.4 is 0 Å². The number of hydrogen-bond acceptors (Lipinski definition) is 6. The van der Waals surface area contributed by atoms with Gasteiger partial charge in [-0.3, -0.25) is 9.59 Å². The number of carbonyl (C=O) groups excluding carboxylic acids is 2. The number of carbonyl (C=O) groups is 3. The van der Waals surface area contributed by atoms with E-state index in [1.165, 1.54) is 12.8 Å². The zero-order chi connectivity index (χ0) is 42.8. The van der Waals surface area contributed by atoms with Crippen molar-refractivity contribution in [2.75, 3.05) is 41.0 Å². The fourth-order valence-electron chi connectivity index (χ4n) is 5.84. The van der Waals surface area contributed by atoms with Crippen molar-refractivity contribution in [2.24, 2.45) is 0 Å². The second kappa shape index (κ2) is 40.0. The number of carboxylic acid groups (broad SMARTS) is 1. The predicted octanol–water partition coefficient (Wildman–Crippen LogP) is 12.3. The van der Waals surface area contributed by atoms with Crippen molar-refractivity contribution < 1.29 is 38.2 Å². The molecule has 58 heavy (non-hydrogen) atoms. The first-order chi connectivity index (χ1) is 28.1. The third-order valence-corrected chi connectivity index (χ3v) is 9.23. The third kappa shape index (κ3) is 37.8. The van der Waals surface area contributed by atoms with E-state index in [-0.39, 0.29) is 36.2 Å². The van der Waals surface area contributed by atoms with Crippen molar-refractivity contribution in [3.63, 3.8) is 0 Å². The Morgan fingerprint density at radius 1 is 0.517 bits per heavy atom. The van der Waals surface area contributed by atoms with E-state index in [1.807, 2.05) is 21.1 Å². The molecule has 1 N–H and O–H groups in total. The van der Waals surface area contributed by atoms with E-state index < -0.39 is 18.1 Å². The minimum Gasteiger partial charge on any atom is -0.477 e. The first-order valence-electron chi connectivity index (χ1n) is 22.3. The van der Waals surface area contributed by atoms with Crippen molar-refractivity contribution in [1.82, 2.24) is 0 Å². The number of nitrogens with zero attached hydrogens (tertiary/aromatic N) is 1. The Morgan fingerprint density at radius 3 is 1.38 bits per heavy atom. The molecule has 0 rings (SSSR count). The quantitative estimate of drug-likeness (QED) is 0.0287. The molecule has 0 heterocycles. The molecule has 328 valence electrons. The lowest BCUT2D eigenvalue weighted by molar-refractivity contribution is -0.887. The average Bonchev–Trinajstić information content (AvgIpc) is 3.18. The number of allylic oxidation sites excluding steroid dienone is 16. The molecular formula is C50H82NO7+. The molecule has 0 aromatic heterocycles. The van der Waals surface area contributed by atoms with Crippen molar-refractivity contribution in [1.29, 1.82) is 0 Å². The maximum Gasteiger partial charge on any atom is 0.362 e. The van der Waals surface area contributed by atoms with E-state index in [0.717, 1.165) is 96.3 Å². The van der Waals surface area contributed by atoms with E-state index in [0.29, 0.717) is 25.7 Å². The van der Waals surface area contributed by atoms with Crippen molar-refractivity contribution in [2.45, 2.75) is 161 Å². The van der Waals surface area contributed by atoms with Gasteiger partial charge in [-0.05, 0) is 89.9 Å². The molecule has 0 amide bonds. The van der Waals surface area contributed by atoms with Gasteiger partial charge in [-0.15, -0.1) is 0 Å². The van der Waals surface area contributed by atoms with E-state index in [1.54, 1.807) is 0 Å². The summed E-state index contributed by atoms with van der Waals surface area (Å²) in [7, 11) is 5.50. The fraction of sp³-hybridized carbons (Fsp3) is 0.620. The van der Waals surface area contributed by atoms with Crippen LogP contribution >= 0.6 is 0 Å². The van der Waals surface area contributed by atoms with Gasteiger partial charge in [0.25, 0.3) is 0 Å². The highest BCUT2D eigenvalue weighted by atomic mass is 16.6. The largest absolute Gasteiger partial charge is 0.477 e. The molecule has 8 nitrogen and oxygen atoms in total. The second-order valence-corrected chi connectivity index (χ2v) is 15.5. The summed E-state index contributed by atoms with van der Waals surface area (Å²) >= 11 is 0. The summed E-state index contributed by atoms with van der Waals surface area (Å²) in [5.74, 6) is -1.55. The molecular weight excluding hydrogens is 727 g/mol. The number of quaternary nitrogens is 1. The van der Waals surface area contributed by atoms with Crippen LogP contribution in [-0.2, 0) is 28.6 Å². The Balaban J connectivity index is 4.45. The molecule has 0 saturated carbocycles. The van der Waals surface area contributed by atoms with Crippen LogP contribution in [0.25, 0.3) is 0 Å². The van der Waals surface area contributed by atoms with Gasteiger partial charge in [0.2, 0.25) is 0 Å². The predicted molar refractivity (Wildman–Crippen MR) is 243 cm³/mol. The van der Waals surface area contributed by atoms with Gasteiger partial charge in [0.1, 0.15) is 6.61 Å². The minimum absolute atomic E-state index is 0.0353. The number of hydrogen-bond donors (Lipinski definition) is 1. The lowest BCUT2D eigenvalue weighted by atomic mass is 10.1. The Kier molecular flexibility index (Phi) is 37.5. The molecule has 0 aromatic carbocycles. The molecule has 0 saturated heterocycles. The average molecular weight is 809 g/mol. The van der Waals surface area contributed by atoms with Crippen LogP contribution in [0.1, 0.15) is 149 Å². The van der Waals surface area contributed by atoms with Gasteiger partial charge in [0.05, 0.1) is 34.4 Å². The van der Waals surface area contributed by atoms with E-state index >= 15 is 0 Å². The number of ether oxygens (including phenoxy) is 3. The number of likely N-dealkylation sites (N-methyl/N-ethyl adjacent to an activating group) is 1. The van der Waals surface area contributed by atoms with Gasteiger partial charge in [-0.2, -0.15) is 0 Å². The van der Waals surface area contributed by atoms with Crippen LogP contribution in [0.2, 0.25) is 0 Å². The Hall–Kier alpha value is -3.75. The molecule has 0 bridgehead atoms. The van der Waals surface area contributed by atoms with Crippen LogP contribution in [-0.4, -0.2) is 80.6 Å². The normalized spacial score (nSPS) is 13.9. The maximum absolute atomic E-state index is 12.7. The standard InChI is InChI=1S/C50H81NO7/c1-6-8-10-12-14-16-18-20-22-23-24-25-27-29-31-33-35-37-39-41-49(53)58-46(44-56-43-42-47(50(54)55)51(3,4)5)45-57-48(52)40-38-36-34-32-30-28-26-21-19-17-15-13-11-9-7-2/h8-11,14-17,20-22,24-26,30,32,46-47H,6-7,12-13,18-19,23,27-29,31,33-45H2,1-5H3/p+1/b10-8-,11-9-,16-14-,17-15-,22-20-,25-24-,26-21-,32-30-. The Bertz CT molecular complexity index is 1260. The number of rotatable bonds is 38. The minimum atomic E-state index is -0.888. The molecule has 0 aliphatic rings. The smallest absolute Gasteiger partial charge is 0.362 e. The van der Waals surface area contributed by atoms with Gasteiger partial charge >= 0.3 is 17.9 Å². The molecule has 0 aliphatic heterocycles. The van der Waals surface area contributed by atoms with Crippen molar-refractivity contribution in [3.05, 3.63) is 97.2 Å². The first kappa shape index (κ1) is 54.2. The molecule has 0 fully saturated rings. The van der Waals surface area contributed by atoms with E-state index in [9.17, 15) is 19.5 Å². The topological polar surface area (TPSA) is 99.1 Å². The Morgan fingerprint density at radius 2 is 0.914 bits per heavy atom. The number of carboxylic acids is 1. The Labute approximate surface area is 354 Å². The second-order valence-electron chi connectivity index (χ2n) is 15.5. The summed E-state index contributed by atoms with van der Waals surface area (Å²) in [6.07, 6.45) is 53.1. The highest BCUT2D eigenvalue weighted by Gasteiger charge is 2.31. The molecule has 0 aromatic rings. The van der Waals surface area contributed by atoms with Gasteiger partial charge < -0.3 is 23.8 Å². The first-order valence-corrected chi connectivity index (χ1v) is 22.3. The molecule has 0 spiro atoms. The van der Waals surface area contributed by atoms with Crippen LogP contribution in [0, 0.1) is 0 Å². The van der Waals surface area contributed by atoms with Crippen molar-refractivity contribution >= 4 is 17.9 Å². The van der Waals surface area contributed by atoms with Crippen LogP contribution in [0.4, 0.5) is 0 Å². The number of unbranched alkanes of at least 4 members (excludes halogenated alkanes) is 8. The summed E-state index contributed by atoms with van der Waals surface area (Å²) < 4.78 is 17.2. The summed E-state index contributed by atoms with van der Waals surface area (Å²) in [5.41, 5.74) is 0. The summed E-state index contributed by atoms with van der Waals surface area (Å²) in [6, 6.07) is -0.629. The SMILES string of the molecule is CC/C=C\C/C=C\C/C=C\C/C=C\CCCCCCCCC(=O)OC(COCCC(C(=O)O)[N+](C)(C)C)COC(=O)CCCC/C=C\C/C=C\C/C=C\C/C=C\CC. The molecule has 8 heteroatoms. The summed E-state index contributed by atoms with van der Waals surface area (Å²) in [4.78, 5) is 37.0. The van der Waals surface area contributed by atoms with Gasteiger partial charge in [0.15, 0.2) is 12.1 Å². The van der Waals surface area contributed by atoms with E-state index in [4.69, 9.17) is 14.2 Å². The zero-order valence-electron chi connectivity index (χ0n) is 37.2. The fourth-order valence-corrected chi connectivity index (χ4v) is 5.84. The summed E-state index contributed by atoms with van der Waals surface area (Å²) in [6.45, 7) is 4.43. The highest BCUT2D eigenvalue weighted by Crippen LogP contribution is 2.12. The molecule has 2 unspecified atom stereocenters.